The zero-order valence-electron chi connectivity index (χ0n) is 17.5. The summed E-state index contributed by atoms with van der Waals surface area (Å²) in [6.45, 7) is 5.49. The molecular weight excluding hydrogens is 380 g/mol. The molecule has 1 aromatic heterocycles. The van der Waals surface area contributed by atoms with Crippen molar-refractivity contribution in [3.8, 4) is 5.75 Å². The molecule has 7 nitrogen and oxygen atoms in total. The first-order valence-corrected chi connectivity index (χ1v) is 10.7. The Morgan fingerprint density at radius 2 is 2.13 bits per heavy atom. The van der Waals surface area contributed by atoms with Crippen molar-refractivity contribution in [1.82, 2.24) is 10.3 Å². The van der Waals surface area contributed by atoms with Crippen LogP contribution in [0.15, 0.2) is 42.6 Å². The highest BCUT2D eigenvalue weighted by atomic mass is 16.5. The number of carbonyl (C=O) groups excluding carboxylic acids is 1. The van der Waals surface area contributed by atoms with Crippen molar-refractivity contribution in [3.05, 3.63) is 48.2 Å². The summed E-state index contributed by atoms with van der Waals surface area (Å²) in [5, 5.41) is 3.05. The SMILES string of the molecule is CCOCCCNC(=O)[C@@H]1Oc2ccccc2C12CCN(c1cc(N)ccn1)CC2. The highest BCUT2D eigenvalue weighted by Gasteiger charge is 2.53. The van der Waals surface area contributed by atoms with Crippen molar-refractivity contribution in [1.29, 1.82) is 0 Å². The van der Waals surface area contributed by atoms with Gasteiger partial charge in [0.05, 0.1) is 0 Å². The molecule has 4 rings (SSSR count). The molecule has 7 heteroatoms. The fourth-order valence-electron chi connectivity index (χ4n) is 4.56. The van der Waals surface area contributed by atoms with Crippen LogP contribution in [0, 0.1) is 0 Å². The van der Waals surface area contributed by atoms with Crippen molar-refractivity contribution in [2.75, 3.05) is 43.5 Å². The lowest BCUT2D eigenvalue weighted by Crippen LogP contribution is -2.54. The Morgan fingerprint density at radius 3 is 2.90 bits per heavy atom. The minimum atomic E-state index is -0.516. The van der Waals surface area contributed by atoms with Gasteiger partial charge in [0.15, 0.2) is 6.10 Å². The molecule has 1 aromatic carbocycles. The maximum Gasteiger partial charge on any atom is 0.262 e. The van der Waals surface area contributed by atoms with Gasteiger partial charge in [0.2, 0.25) is 0 Å². The molecule has 3 N–H and O–H groups in total. The van der Waals surface area contributed by atoms with E-state index in [1.807, 2.05) is 31.2 Å². The van der Waals surface area contributed by atoms with E-state index in [0.717, 1.165) is 49.5 Å². The zero-order valence-corrected chi connectivity index (χ0v) is 17.5. The number of hydrogen-bond donors (Lipinski definition) is 2. The first-order valence-electron chi connectivity index (χ1n) is 10.7. The molecule has 1 fully saturated rings. The number of carbonyl (C=O) groups is 1. The fourth-order valence-corrected chi connectivity index (χ4v) is 4.56. The number of para-hydroxylation sites is 1. The number of benzene rings is 1. The molecule has 2 aliphatic rings. The van der Waals surface area contributed by atoms with Crippen molar-refractivity contribution < 1.29 is 14.3 Å². The molecule has 30 heavy (non-hydrogen) atoms. The lowest BCUT2D eigenvalue weighted by Gasteiger charge is -2.42. The summed E-state index contributed by atoms with van der Waals surface area (Å²) in [6, 6.07) is 11.7. The predicted octanol–water partition coefficient (Wildman–Crippen LogP) is 2.51. The van der Waals surface area contributed by atoms with Gasteiger partial charge in [0, 0.05) is 61.8 Å². The van der Waals surface area contributed by atoms with Crippen molar-refractivity contribution in [3.63, 3.8) is 0 Å². The molecule has 0 bridgehead atoms. The van der Waals surface area contributed by atoms with Gasteiger partial charge < -0.3 is 25.4 Å². The smallest absolute Gasteiger partial charge is 0.262 e. The largest absolute Gasteiger partial charge is 0.479 e. The van der Waals surface area contributed by atoms with E-state index < -0.39 is 6.10 Å². The lowest BCUT2D eigenvalue weighted by molar-refractivity contribution is -0.130. The number of hydrogen-bond acceptors (Lipinski definition) is 6. The summed E-state index contributed by atoms with van der Waals surface area (Å²) in [5.41, 5.74) is 7.46. The topological polar surface area (TPSA) is 89.7 Å². The molecule has 3 heterocycles. The summed E-state index contributed by atoms with van der Waals surface area (Å²) < 4.78 is 11.6. The van der Waals surface area contributed by atoms with Gasteiger partial charge in [-0.05, 0) is 38.3 Å². The standard InChI is InChI=1S/C23H30N4O3/c1-2-29-15-5-11-26-22(28)21-23(18-6-3-4-7-19(18)30-21)9-13-27(14-10-23)20-16-17(24)8-12-25-20/h3-4,6-8,12,16,21H,2,5,9-11,13-15H2,1H3,(H2,24,25)(H,26,28)/t21-/m0/s1. The van der Waals surface area contributed by atoms with E-state index in [4.69, 9.17) is 15.2 Å². The van der Waals surface area contributed by atoms with E-state index >= 15 is 0 Å². The zero-order chi connectivity index (χ0) is 21.0. The third kappa shape index (κ3) is 3.94. The molecule has 2 aromatic rings. The van der Waals surface area contributed by atoms with E-state index in [9.17, 15) is 4.79 Å². The number of aromatic nitrogens is 1. The van der Waals surface area contributed by atoms with Crippen molar-refractivity contribution in [2.45, 2.75) is 37.7 Å². The summed E-state index contributed by atoms with van der Waals surface area (Å²) in [7, 11) is 0. The monoisotopic (exact) mass is 410 g/mol. The second-order valence-electron chi connectivity index (χ2n) is 7.93. The average Bonchev–Trinajstić information content (AvgIpc) is 3.08. The Labute approximate surface area is 177 Å². The summed E-state index contributed by atoms with van der Waals surface area (Å²) in [4.78, 5) is 19.8. The van der Waals surface area contributed by atoms with Crippen LogP contribution in [-0.4, -0.2) is 49.8 Å². The van der Waals surface area contributed by atoms with Crippen LogP contribution in [0.2, 0.25) is 0 Å². The quantitative estimate of drug-likeness (QED) is 0.682. The van der Waals surface area contributed by atoms with Crippen LogP contribution in [0.4, 0.5) is 11.5 Å². The molecule has 0 saturated carbocycles. The molecule has 1 amide bonds. The number of piperidine rings is 1. The van der Waals surface area contributed by atoms with Gasteiger partial charge in [-0.1, -0.05) is 18.2 Å². The van der Waals surface area contributed by atoms with Gasteiger partial charge in [-0.25, -0.2) is 4.98 Å². The van der Waals surface area contributed by atoms with E-state index in [0.29, 0.717) is 25.4 Å². The van der Waals surface area contributed by atoms with Gasteiger partial charge in [-0.3, -0.25) is 4.79 Å². The first-order chi connectivity index (χ1) is 14.6. The van der Waals surface area contributed by atoms with Crippen LogP contribution < -0.4 is 20.7 Å². The predicted molar refractivity (Wildman–Crippen MR) is 117 cm³/mol. The highest BCUT2D eigenvalue weighted by molar-refractivity contribution is 5.84. The van der Waals surface area contributed by atoms with Gasteiger partial charge in [0.1, 0.15) is 11.6 Å². The molecular formula is C23H30N4O3. The minimum absolute atomic E-state index is 0.0433. The molecule has 0 aliphatic carbocycles. The van der Waals surface area contributed by atoms with E-state index in [-0.39, 0.29) is 11.3 Å². The number of amides is 1. The van der Waals surface area contributed by atoms with Gasteiger partial charge in [-0.2, -0.15) is 0 Å². The number of pyridine rings is 1. The Bertz CT molecular complexity index is 880. The van der Waals surface area contributed by atoms with Gasteiger partial charge in [0.25, 0.3) is 5.91 Å². The third-order valence-corrected chi connectivity index (χ3v) is 6.13. The van der Waals surface area contributed by atoms with E-state index in [1.54, 1.807) is 12.3 Å². The van der Waals surface area contributed by atoms with Crippen molar-refractivity contribution in [2.24, 2.45) is 0 Å². The van der Waals surface area contributed by atoms with Crippen LogP contribution in [0.25, 0.3) is 0 Å². The van der Waals surface area contributed by atoms with Crippen LogP contribution in [0.5, 0.6) is 5.75 Å². The Hall–Kier alpha value is -2.80. The summed E-state index contributed by atoms with van der Waals surface area (Å²) in [5.74, 6) is 1.66. The summed E-state index contributed by atoms with van der Waals surface area (Å²) >= 11 is 0. The minimum Gasteiger partial charge on any atom is -0.479 e. The van der Waals surface area contributed by atoms with E-state index in [1.165, 1.54) is 0 Å². The van der Waals surface area contributed by atoms with Crippen LogP contribution in [-0.2, 0) is 14.9 Å². The molecule has 2 aliphatic heterocycles. The number of ether oxygens (including phenoxy) is 2. The second kappa shape index (κ2) is 8.92. The summed E-state index contributed by atoms with van der Waals surface area (Å²) in [6.07, 6.45) is 3.65. The number of fused-ring (bicyclic) bond motifs is 2. The molecule has 160 valence electrons. The highest BCUT2D eigenvalue weighted by Crippen LogP contribution is 2.49. The normalized spacial score (nSPS) is 19.4. The molecule has 1 saturated heterocycles. The van der Waals surface area contributed by atoms with Crippen LogP contribution in [0.3, 0.4) is 0 Å². The Morgan fingerprint density at radius 1 is 1.33 bits per heavy atom. The number of nitrogen functional groups attached to an aromatic ring is 1. The Balaban J connectivity index is 1.49. The lowest BCUT2D eigenvalue weighted by atomic mass is 9.69. The molecule has 0 radical (unpaired) electrons. The third-order valence-electron chi connectivity index (χ3n) is 6.13. The Kier molecular flexibility index (Phi) is 6.08. The number of anilines is 2. The molecule has 1 spiro atoms. The molecule has 1 atom stereocenters. The second-order valence-corrected chi connectivity index (χ2v) is 7.93. The van der Waals surface area contributed by atoms with Crippen LogP contribution >= 0.6 is 0 Å². The number of nitrogens with two attached hydrogens (primary N) is 1. The van der Waals surface area contributed by atoms with Gasteiger partial charge in [-0.15, -0.1) is 0 Å². The maximum atomic E-state index is 13.1. The van der Waals surface area contributed by atoms with Gasteiger partial charge >= 0.3 is 0 Å². The van der Waals surface area contributed by atoms with Crippen LogP contribution in [0.1, 0.15) is 31.7 Å². The number of nitrogens with one attached hydrogen (secondary N) is 1. The maximum absolute atomic E-state index is 13.1. The van der Waals surface area contributed by atoms with Crippen molar-refractivity contribution >= 4 is 17.4 Å². The molecule has 0 unspecified atom stereocenters. The number of rotatable bonds is 7. The van der Waals surface area contributed by atoms with E-state index in [2.05, 4.69) is 21.3 Å². The fraction of sp³-hybridized carbons (Fsp3) is 0.478. The number of nitrogens with zero attached hydrogens (tertiary/aromatic N) is 2. The first kappa shape index (κ1) is 20.5. The average molecular weight is 411 g/mol.